The topological polar surface area (TPSA) is 9.23 Å². The minimum absolute atomic E-state index is 0.528. The number of halogens is 6. The average molecular weight is 238 g/mol. The lowest BCUT2D eigenvalue weighted by molar-refractivity contribution is -0.0700. The van der Waals surface area contributed by atoms with Crippen LogP contribution in [0.1, 0.15) is 12.8 Å². The molecule has 0 fully saturated rings. The van der Waals surface area contributed by atoms with Crippen LogP contribution < -0.4 is 0 Å². The van der Waals surface area contributed by atoms with Crippen molar-refractivity contribution in [2.24, 2.45) is 0 Å². The highest BCUT2D eigenvalue weighted by molar-refractivity contribution is 4.65. The molecule has 0 radical (unpaired) electrons. The van der Waals surface area contributed by atoms with Crippen molar-refractivity contribution >= 4 is 0 Å². The molecule has 0 rings (SSSR count). The third-order valence-corrected chi connectivity index (χ3v) is 1.62. The molecule has 0 heterocycles. The summed E-state index contributed by atoms with van der Waals surface area (Å²) in [7, 11) is 0. The normalized spacial score (nSPS) is 13.2. The Morgan fingerprint density at radius 3 is 1.33 bits per heavy atom. The molecule has 7 heteroatoms. The summed E-state index contributed by atoms with van der Waals surface area (Å²) in [6.07, 6.45) is -1.74. The van der Waals surface area contributed by atoms with E-state index in [-0.39, 0.29) is 0 Å². The molecule has 0 saturated carbocycles. The van der Waals surface area contributed by atoms with Crippen molar-refractivity contribution in [1.29, 1.82) is 0 Å². The number of alkyl halides is 6. The van der Waals surface area contributed by atoms with Gasteiger partial charge in [0.1, 0.15) is 0 Å². The van der Waals surface area contributed by atoms with Crippen molar-refractivity contribution in [1.82, 2.24) is 0 Å². The van der Waals surface area contributed by atoms with Gasteiger partial charge in [0.2, 0.25) is 0 Å². The lowest BCUT2D eigenvalue weighted by Gasteiger charge is -2.14. The van der Waals surface area contributed by atoms with E-state index >= 15 is 0 Å². The summed E-state index contributed by atoms with van der Waals surface area (Å²) in [6.45, 7) is -4.67. The summed E-state index contributed by atoms with van der Waals surface area (Å²) in [4.78, 5) is 0. The van der Waals surface area contributed by atoms with Crippen molar-refractivity contribution < 1.29 is 31.1 Å². The van der Waals surface area contributed by atoms with Gasteiger partial charge in [0, 0.05) is 12.8 Å². The summed E-state index contributed by atoms with van der Waals surface area (Å²) in [5.74, 6) is -6.97. The van der Waals surface area contributed by atoms with E-state index in [4.69, 9.17) is 0 Å². The zero-order valence-electron chi connectivity index (χ0n) is 7.92. The second-order valence-electron chi connectivity index (χ2n) is 3.09. The largest absolute Gasteiger partial charge is 0.381 e. The van der Waals surface area contributed by atoms with Crippen molar-refractivity contribution in [3.8, 4) is 0 Å². The van der Waals surface area contributed by atoms with E-state index in [2.05, 4.69) is 4.74 Å². The standard InChI is InChI=1S/C8H12F6O/c9-5-7(11,12)1-3-15-4-2-8(13,14)6-10/h1-6H2. The first-order valence-electron chi connectivity index (χ1n) is 4.28. The van der Waals surface area contributed by atoms with Gasteiger partial charge in [-0.2, -0.15) is 0 Å². The Labute approximate surface area is 83.4 Å². The summed E-state index contributed by atoms with van der Waals surface area (Å²) >= 11 is 0. The molecule has 0 unspecified atom stereocenters. The van der Waals surface area contributed by atoms with E-state index in [9.17, 15) is 26.3 Å². The molecule has 0 aromatic heterocycles. The summed E-state index contributed by atoms with van der Waals surface area (Å²) < 4.78 is 76.4. The maximum atomic E-state index is 12.2. The molecular formula is C8H12F6O. The zero-order valence-corrected chi connectivity index (χ0v) is 7.92. The molecule has 15 heavy (non-hydrogen) atoms. The maximum Gasteiger partial charge on any atom is 0.278 e. The first-order valence-corrected chi connectivity index (χ1v) is 4.28. The molecule has 0 aliphatic rings. The molecule has 0 aliphatic heterocycles. The van der Waals surface area contributed by atoms with Crippen LogP contribution in [0.25, 0.3) is 0 Å². The van der Waals surface area contributed by atoms with Crippen molar-refractivity contribution in [2.75, 3.05) is 26.6 Å². The number of rotatable bonds is 8. The molecule has 1 nitrogen and oxygen atoms in total. The molecule has 0 aromatic carbocycles. The van der Waals surface area contributed by atoms with Crippen LogP contribution in [0.2, 0.25) is 0 Å². The molecular weight excluding hydrogens is 226 g/mol. The van der Waals surface area contributed by atoms with Crippen LogP contribution in [0.4, 0.5) is 26.3 Å². The molecule has 0 amide bonds. The molecule has 92 valence electrons. The van der Waals surface area contributed by atoms with Gasteiger partial charge in [0.25, 0.3) is 11.8 Å². The van der Waals surface area contributed by atoms with E-state index in [0.29, 0.717) is 0 Å². The lowest BCUT2D eigenvalue weighted by atomic mass is 10.2. The number of hydrogen-bond donors (Lipinski definition) is 0. The van der Waals surface area contributed by atoms with Gasteiger partial charge in [0.05, 0.1) is 13.2 Å². The molecule has 0 aromatic rings. The number of ether oxygens (including phenoxy) is 1. The maximum absolute atomic E-state index is 12.2. The predicted molar refractivity (Wildman–Crippen MR) is 41.9 cm³/mol. The Kier molecular flexibility index (Phi) is 6.00. The van der Waals surface area contributed by atoms with Gasteiger partial charge in [-0.1, -0.05) is 0 Å². The predicted octanol–water partition coefficient (Wildman–Crippen LogP) is 2.99. The Balaban J connectivity index is 3.48. The average Bonchev–Trinajstić information content (AvgIpc) is 2.17. The van der Waals surface area contributed by atoms with Gasteiger partial charge in [-0.05, 0) is 0 Å². The van der Waals surface area contributed by atoms with Gasteiger partial charge in [-0.3, -0.25) is 0 Å². The second kappa shape index (κ2) is 6.19. The second-order valence-corrected chi connectivity index (χ2v) is 3.09. The van der Waals surface area contributed by atoms with Crippen LogP contribution in [0, 0.1) is 0 Å². The molecule has 0 atom stereocenters. The van der Waals surface area contributed by atoms with E-state index in [1.165, 1.54) is 0 Å². The minimum Gasteiger partial charge on any atom is -0.381 e. The molecule has 0 saturated heterocycles. The highest BCUT2D eigenvalue weighted by Gasteiger charge is 2.30. The Morgan fingerprint density at radius 2 is 1.07 bits per heavy atom. The van der Waals surface area contributed by atoms with E-state index in [0.717, 1.165) is 0 Å². The summed E-state index contributed by atoms with van der Waals surface area (Å²) in [5.41, 5.74) is 0. The Bertz CT molecular complexity index is 155. The smallest absolute Gasteiger partial charge is 0.278 e. The quantitative estimate of drug-likeness (QED) is 0.466. The SMILES string of the molecule is FCC(F)(F)CCOCCC(F)(F)CF. The summed E-state index contributed by atoms with van der Waals surface area (Å²) in [5, 5.41) is 0. The highest BCUT2D eigenvalue weighted by Crippen LogP contribution is 2.20. The fraction of sp³-hybridized carbons (Fsp3) is 1.00. The first-order chi connectivity index (χ1) is 6.83. The fourth-order valence-electron chi connectivity index (χ4n) is 0.679. The van der Waals surface area contributed by atoms with Crippen molar-refractivity contribution in [3.63, 3.8) is 0 Å². The van der Waals surface area contributed by atoms with Gasteiger partial charge in [0.15, 0.2) is 13.3 Å². The van der Waals surface area contributed by atoms with Crippen molar-refractivity contribution in [2.45, 2.75) is 24.7 Å². The molecule has 0 aliphatic carbocycles. The Hall–Kier alpha value is -0.460. The van der Waals surface area contributed by atoms with E-state index < -0.39 is 51.2 Å². The van der Waals surface area contributed by atoms with Gasteiger partial charge < -0.3 is 4.74 Å². The first kappa shape index (κ1) is 14.5. The minimum atomic E-state index is -3.48. The van der Waals surface area contributed by atoms with Crippen LogP contribution in [-0.2, 0) is 4.74 Å². The van der Waals surface area contributed by atoms with E-state index in [1.807, 2.05) is 0 Å². The molecule has 0 N–H and O–H groups in total. The van der Waals surface area contributed by atoms with Crippen LogP contribution in [0.3, 0.4) is 0 Å². The highest BCUT2D eigenvalue weighted by atomic mass is 19.3. The van der Waals surface area contributed by atoms with Crippen LogP contribution in [0.15, 0.2) is 0 Å². The zero-order chi connectivity index (χ0) is 11.9. The van der Waals surface area contributed by atoms with Crippen LogP contribution in [0.5, 0.6) is 0 Å². The third-order valence-electron chi connectivity index (χ3n) is 1.62. The lowest BCUT2D eigenvalue weighted by Crippen LogP contribution is -2.24. The Morgan fingerprint density at radius 1 is 0.733 bits per heavy atom. The molecule has 0 spiro atoms. The fourth-order valence-corrected chi connectivity index (χ4v) is 0.679. The number of hydrogen-bond acceptors (Lipinski definition) is 1. The van der Waals surface area contributed by atoms with Gasteiger partial charge in [-0.15, -0.1) is 0 Å². The van der Waals surface area contributed by atoms with Crippen LogP contribution in [-0.4, -0.2) is 38.4 Å². The molecule has 0 bridgehead atoms. The van der Waals surface area contributed by atoms with Gasteiger partial charge in [-0.25, -0.2) is 26.3 Å². The van der Waals surface area contributed by atoms with E-state index in [1.54, 1.807) is 0 Å². The van der Waals surface area contributed by atoms with Crippen LogP contribution >= 0.6 is 0 Å². The summed E-state index contributed by atoms with van der Waals surface area (Å²) in [6, 6.07) is 0. The monoisotopic (exact) mass is 238 g/mol. The third kappa shape index (κ3) is 7.47. The van der Waals surface area contributed by atoms with Crippen molar-refractivity contribution in [3.05, 3.63) is 0 Å². The van der Waals surface area contributed by atoms with Gasteiger partial charge >= 0.3 is 0 Å².